The first-order chi connectivity index (χ1) is 23.8. The van der Waals surface area contributed by atoms with E-state index in [9.17, 15) is 0 Å². The number of benzene rings is 7. The van der Waals surface area contributed by atoms with Crippen LogP contribution in [0.5, 0.6) is 0 Å². The minimum Gasteiger partial charge on any atom is -0.452 e. The zero-order valence-electron chi connectivity index (χ0n) is 25.7. The van der Waals surface area contributed by atoms with Gasteiger partial charge in [0.05, 0.1) is 16.7 Å². The van der Waals surface area contributed by atoms with Crippen molar-refractivity contribution in [3.05, 3.63) is 152 Å². The third-order valence-electron chi connectivity index (χ3n) is 9.95. The summed E-state index contributed by atoms with van der Waals surface area (Å²) < 4.78 is 9.17. The number of furan rings is 1. The van der Waals surface area contributed by atoms with Gasteiger partial charge in [0.2, 0.25) is 0 Å². The summed E-state index contributed by atoms with van der Waals surface area (Å²) in [5.74, 6) is 0.682. The quantitative estimate of drug-likeness (QED) is 0.200. The molecule has 0 unspecified atom stereocenters. The van der Waals surface area contributed by atoms with E-state index in [2.05, 4.69) is 120 Å². The lowest BCUT2D eigenvalue weighted by Gasteiger charge is -2.13. The maximum absolute atomic E-state index is 6.76. The third kappa shape index (κ3) is 3.43. The van der Waals surface area contributed by atoms with Gasteiger partial charge in [-0.1, -0.05) is 127 Å². The molecular formula is C44H25N3O. The Hall–Kier alpha value is -6.52. The highest BCUT2D eigenvalue weighted by Gasteiger charge is 2.25. The van der Waals surface area contributed by atoms with Gasteiger partial charge in [0.15, 0.2) is 11.4 Å². The van der Waals surface area contributed by atoms with Crippen molar-refractivity contribution < 1.29 is 4.42 Å². The molecule has 1 aliphatic rings. The van der Waals surface area contributed by atoms with Crippen LogP contribution in [0.1, 0.15) is 0 Å². The van der Waals surface area contributed by atoms with Crippen LogP contribution in [0.2, 0.25) is 0 Å². The molecule has 0 aliphatic heterocycles. The summed E-state index contributed by atoms with van der Waals surface area (Å²) in [6.45, 7) is 0. The van der Waals surface area contributed by atoms with Crippen LogP contribution in [0.25, 0.3) is 105 Å². The number of rotatable bonds is 3. The first-order valence-corrected chi connectivity index (χ1v) is 16.3. The molecule has 0 amide bonds. The minimum atomic E-state index is 0.682. The van der Waals surface area contributed by atoms with Gasteiger partial charge in [0, 0.05) is 38.7 Å². The summed E-state index contributed by atoms with van der Waals surface area (Å²) in [6.07, 6.45) is 0. The molecule has 0 fully saturated rings. The molecular weight excluding hydrogens is 587 g/mol. The highest BCUT2D eigenvalue weighted by Crippen LogP contribution is 2.49. The summed E-state index contributed by atoms with van der Waals surface area (Å²) in [5, 5.41) is 5.87. The highest BCUT2D eigenvalue weighted by atomic mass is 16.3. The average molecular weight is 612 g/mol. The van der Waals surface area contributed by atoms with Crippen LogP contribution in [-0.4, -0.2) is 14.5 Å². The van der Waals surface area contributed by atoms with Crippen molar-refractivity contribution >= 4 is 54.6 Å². The number of nitrogens with zero attached hydrogens (tertiary/aromatic N) is 3. The Morgan fingerprint density at radius 3 is 1.94 bits per heavy atom. The van der Waals surface area contributed by atoms with Gasteiger partial charge in [-0.25, -0.2) is 9.97 Å². The molecule has 7 aromatic carbocycles. The van der Waals surface area contributed by atoms with Crippen LogP contribution in [0.15, 0.2) is 156 Å². The lowest BCUT2D eigenvalue weighted by Crippen LogP contribution is -1.95. The number of hydrogen-bond donors (Lipinski definition) is 0. The van der Waals surface area contributed by atoms with Gasteiger partial charge in [0.25, 0.3) is 0 Å². The topological polar surface area (TPSA) is 43.9 Å². The van der Waals surface area contributed by atoms with Crippen LogP contribution >= 0.6 is 0 Å². The Balaban J connectivity index is 1.23. The molecule has 4 nitrogen and oxygen atoms in total. The molecule has 4 heteroatoms. The van der Waals surface area contributed by atoms with Crippen molar-refractivity contribution in [3.63, 3.8) is 0 Å². The van der Waals surface area contributed by atoms with Crippen molar-refractivity contribution in [1.82, 2.24) is 14.5 Å². The predicted molar refractivity (Wildman–Crippen MR) is 196 cm³/mol. The summed E-state index contributed by atoms with van der Waals surface area (Å²) in [7, 11) is 0. The Bertz CT molecular complexity index is 2910. The standard InChI is InChI=1S/C44H25N3O/c1-3-12-26(13-4-1)41-43-42(46-44(45-41)27-14-5-2-6-15-27)35-24-34-30-18-9-10-21-36(30)47(38(34)25-39(35)48-43)37-23-22-32-29-17-8-7-16-28(29)31-19-11-20-33(37)40(31)32/h1-25H. The predicted octanol–water partition coefficient (Wildman–Crippen LogP) is 11.6. The molecule has 10 aromatic rings. The second-order valence-electron chi connectivity index (χ2n) is 12.5. The molecule has 0 bridgehead atoms. The first kappa shape index (κ1) is 25.6. The summed E-state index contributed by atoms with van der Waals surface area (Å²) >= 11 is 0. The van der Waals surface area contributed by atoms with Gasteiger partial charge in [0.1, 0.15) is 16.8 Å². The molecule has 0 N–H and O–H groups in total. The molecule has 0 saturated heterocycles. The smallest absolute Gasteiger partial charge is 0.180 e. The lowest BCUT2D eigenvalue weighted by molar-refractivity contribution is 0.667. The zero-order chi connectivity index (χ0) is 31.3. The molecule has 3 aromatic heterocycles. The van der Waals surface area contributed by atoms with E-state index in [0.717, 1.165) is 55.4 Å². The molecule has 1 aliphatic carbocycles. The summed E-state index contributed by atoms with van der Waals surface area (Å²) in [4.78, 5) is 10.2. The summed E-state index contributed by atoms with van der Waals surface area (Å²) in [6, 6.07) is 53.6. The van der Waals surface area contributed by atoms with Gasteiger partial charge >= 0.3 is 0 Å². The normalized spacial score (nSPS) is 12.2. The van der Waals surface area contributed by atoms with Crippen LogP contribution in [0.3, 0.4) is 0 Å². The fourth-order valence-corrected chi connectivity index (χ4v) is 7.86. The Morgan fingerprint density at radius 1 is 0.458 bits per heavy atom. The molecule has 0 atom stereocenters. The Labute approximate surface area is 275 Å². The van der Waals surface area contributed by atoms with E-state index in [1.54, 1.807) is 0 Å². The van der Waals surface area contributed by atoms with Gasteiger partial charge in [-0.15, -0.1) is 0 Å². The molecule has 0 radical (unpaired) electrons. The van der Waals surface area contributed by atoms with Crippen molar-refractivity contribution in [3.8, 4) is 50.6 Å². The van der Waals surface area contributed by atoms with E-state index in [4.69, 9.17) is 14.4 Å². The molecule has 48 heavy (non-hydrogen) atoms. The van der Waals surface area contributed by atoms with E-state index in [1.165, 1.54) is 38.4 Å². The number of para-hydroxylation sites is 1. The van der Waals surface area contributed by atoms with Gasteiger partial charge < -0.3 is 8.98 Å². The van der Waals surface area contributed by atoms with Crippen molar-refractivity contribution in [2.24, 2.45) is 0 Å². The fourth-order valence-electron chi connectivity index (χ4n) is 7.86. The van der Waals surface area contributed by atoms with E-state index in [0.29, 0.717) is 11.4 Å². The van der Waals surface area contributed by atoms with Crippen molar-refractivity contribution in [1.29, 1.82) is 0 Å². The second kappa shape index (κ2) is 9.50. The lowest BCUT2D eigenvalue weighted by atomic mass is 10.0. The maximum Gasteiger partial charge on any atom is 0.180 e. The van der Waals surface area contributed by atoms with E-state index in [-0.39, 0.29) is 0 Å². The SMILES string of the molecule is c1ccc(-c2nc(-c3ccccc3)c3oc4cc5c(cc4c3n2)c2ccccc2n5-c2ccc3c4c(cccc24)-c2ccccc2-3)cc1. The number of fused-ring (bicyclic) bond motifs is 9. The van der Waals surface area contributed by atoms with Crippen molar-refractivity contribution in [2.45, 2.75) is 0 Å². The van der Waals surface area contributed by atoms with Crippen LogP contribution in [-0.2, 0) is 0 Å². The van der Waals surface area contributed by atoms with Crippen LogP contribution < -0.4 is 0 Å². The average Bonchev–Trinajstić information content (AvgIpc) is 3.79. The maximum atomic E-state index is 6.76. The van der Waals surface area contributed by atoms with Gasteiger partial charge in [-0.3, -0.25) is 0 Å². The second-order valence-corrected chi connectivity index (χ2v) is 12.5. The van der Waals surface area contributed by atoms with E-state index in [1.807, 2.05) is 36.4 Å². The van der Waals surface area contributed by atoms with Crippen LogP contribution in [0.4, 0.5) is 0 Å². The monoisotopic (exact) mass is 611 g/mol. The Kier molecular flexibility index (Phi) is 5.08. The van der Waals surface area contributed by atoms with Crippen LogP contribution in [0, 0.1) is 0 Å². The molecule has 0 spiro atoms. The number of hydrogen-bond acceptors (Lipinski definition) is 3. The van der Waals surface area contributed by atoms with Gasteiger partial charge in [-0.2, -0.15) is 0 Å². The molecule has 11 rings (SSSR count). The Morgan fingerprint density at radius 2 is 1.12 bits per heavy atom. The number of aromatic nitrogens is 3. The minimum absolute atomic E-state index is 0.682. The fraction of sp³-hybridized carbons (Fsp3) is 0. The molecule has 222 valence electrons. The van der Waals surface area contributed by atoms with E-state index < -0.39 is 0 Å². The molecule has 3 heterocycles. The van der Waals surface area contributed by atoms with Gasteiger partial charge in [-0.05, 0) is 45.8 Å². The molecule has 0 saturated carbocycles. The van der Waals surface area contributed by atoms with Crippen molar-refractivity contribution in [2.75, 3.05) is 0 Å². The third-order valence-corrected chi connectivity index (χ3v) is 9.95. The summed E-state index contributed by atoms with van der Waals surface area (Å²) in [5.41, 5.74) is 13.6. The zero-order valence-corrected chi connectivity index (χ0v) is 25.7. The highest BCUT2D eigenvalue weighted by molar-refractivity contribution is 6.21. The first-order valence-electron chi connectivity index (χ1n) is 16.3. The van der Waals surface area contributed by atoms with E-state index >= 15 is 0 Å². The largest absolute Gasteiger partial charge is 0.452 e.